The molecule has 96 valence electrons. The lowest BCUT2D eigenvalue weighted by atomic mass is 10.3. The average molecular weight is 266 g/mol. The summed E-state index contributed by atoms with van der Waals surface area (Å²) < 4.78 is 5.13. The number of imidazole rings is 1. The minimum atomic E-state index is -0.308. The second-order valence-corrected chi connectivity index (χ2v) is 5.02. The number of amides is 1. The van der Waals surface area contributed by atoms with Crippen LogP contribution in [-0.2, 0) is 4.79 Å². The lowest BCUT2D eigenvalue weighted by Gasteiger charge is -2.05. The molecular weight excluding hydrogens is 252 g/mol. The molecule has 0 saturated carbocycles. The zero-order valence-corrected chi connectivity index (χ0v) is 10.9. The average Bonchev–Trinajstić information content (AvgIpc) is 2.78. The number of hydrogen-bond acceptors (Lipinski definition) is 5. The van der Waals surface area contributed by atoms with Crippen LogP contribution in [0.25, 0.3) is 11.0 Å². The number of nitrogens with zero attached hydrogens (tertiary/aromatic N) is 1. The van der Waals surface area contributed by atoms with E-state index in [9.17, 15) is 4.79 Å². The normalized spacial score (nSPS) is 12.4. The molecule has 0 spiro atoms. The van der Waals surface area contributed by atoms with Crippen molar-refractivity contribution in [1.29, 1.82) is 0 Å². The minimum Gasteiger partial charge on any atom is -0.497 e. The quantitative estimate of drug-likeness (QED) is 0.333. The Hall–Kier alpha value is -1.73. The zero-order chi connectivity index (χ0) is 13.1. The third-order valence-corrected chi connectivity index (χ3v) is 3.45. The molecule has 2 rings (SSSR count). The van der Waals surface area contributed by atoms with E-state index in [0.29, 0.717) is 5.16 Å². The van der Waals surface area contributed by atoms with E-state index in [1.54, 1.807) is 14.0 Å². The number of methoxy groups -OCH3 is 1. The summed E-state index contributed by atoms with van der Waals surface area (Å²) in [4.78, 5) is 18.8. The van der Waals surface area contributed by atoms with E-state index in [0.717, 1.165) is 16.8 Å². The SMILES string of the molecule is COc1ccc2nc(SC(C)C(=O)NN)[nH]c2c1. The fraction of sp³-hybridized carbons (Fsp3) is 0.273. The standard InChI is InChI=1S/C11H14N4O2S/c1-6(10(16)15-12)18-11-13-8-4-3-7(17-2)5-9(8)14-11/h3-6H,12H2,1-2H3,(H,13,14)(H,15,16). The van der Waals surface area contributed by atoms with Gasteiger partial charge in [-0.1, -0.05) is 11.8 Å². The summed E-state index contributed by atoms with van der Waals surface area (Å²) in [6.45, 7) is 1.76. The van der Waals surface area contributed by atoms with E-state index in [1.807, 2.05) is 18.2 Å². The van der Waals surface area contributed by atoms with Crippen molar-refractivity contribution < 1.29 is 9.53 Å². The van der Waals surface area contributed by atoms with Crippen molar-refractivity contribution >= 4 is 28.7 Å². The number of carbonyl (C=O) groups excluding carboxylic acids is 1. The third kappa shape index (κ3) is 2.57. The summed E-state index contributed by atoms with van der Waals surface area (Å²) in [6, 6.07) is 5.57. The number of fused-ring (bicyclic) bond motifs is 1. The molecule has 0 aliphatic rings. The number of nitrogens with one attached hydrogen (secondary N) is 2. The molecular formula is C11H14N4O2S. The molecule has 2 aromatic rings. The van der Waals surface area contributed by atoms with Crippen molar-refractivity contribution in [2.45, 2.75) is 17.3 Å². The van der Waals surface area contributed by atoms with Gasteiger partial charge in [-0.2, -0.15) is 0 Å². The number of nitrogens with two attached hydrogens (primary N) is 1. The van der Waals surface area contributed by atoms with Gasteiger partial charge in [-0.15, -0.1) is 0 Å². The fourth-order valence-corrected chi connectivity index (χ4v) is 2.32. The fourth-order valence-electron chi connectivity index (χ4n) is 1.49. The first kappa shape index (κ1) is 12.7. The Labute approximate surface area is 108 Å². The summed E-state index contributed by atoms with van der Waals surface area (Å²) >= 11 is 1.32. The third-order valence-electron chi connectivity index (χ3n) is 2.47. The number of rotatable bonds is 4. The largest absolute Gasteiger partial charge is 0.497 e. The van der Waals surface area contributed by atoms with Gasteiger partial charge in [0.15, 0.2) is 5.16 Å². The molecule has 1 heterocycles. The second kappa shape index (κ2) is 5.28. The van der Waals surface area contributed by atoms with Gasteiger partial charge in [0.1, 0.15) is 5.75 Å². The van der Waals surface area contributed by atoms with Crippen LogP contribution in [0.1, 0.15) is 6.92 Å². The van der Waals surface area contributed by atoms with Gasteiger partial charge in [-0.05, 0) is 19.1 Å². The van der Waals surface area contributed by atoms with Gasteiger partial charge in [0.25, 0.3) is 0 Å². The zero-order valence-electron chi connectivity index (χ0n) is 10.1. The molecule has 1 amide bonds. The summed E-state index contributed by atoms with van der Waals surface area (Å²) in [5, 5.41) is 0.367. The van der Waals surface area contributed by atoms with Crippen molar-refractivity contribution in [2.75, 3.05) is 7.11 Å². The molecule has 0 aliphatic heterocycles. The van der Waals surface area contributed by atoms with Crippen LogP contribution in [0.4, 0.5) is 0 Å². The van der Waals surface area contributed by atoms with Crippen molar-refractivity contribution in [3.63, 3.8) is 0 Å². The lowest BCUT2D eigenvalue weighted by Crippen LogP contribution is -2.36. The Balaban J connectivity index is 2.22. The number of aromatic amines is 1. The number of ether oxygens (including phenoxy) is 1. The minimum absolute atomic E-state index is 0.238. The van der Waals surface area contributed by atoms with Gasteiger partial charge in [0.05, 0.1) is 23.4 Å². The smallest absolute Gasteiger partial charge is 0.247 e. The maximum absolute atomic E-state index is 11.3. The van der Waals surface area contributed by atoms with Gasteiger partial charge in [-0.25, -0.2) is 10.8 Å². The molecule has 18 heavy (non-hydrogen) atoms. The van der Waals surface area contributed by atoms with Crippen LogP contribution in [0.3, 0.4) is 0 Å². The van der Waals surface area contributed by atoms with Gasteiger partial charge in [-0.3, -0.25) is 10.2 Å². The predicted molar refractivity (Wildman–Crippen MR) is 70.3 cm³/mol. The highest BCUT2D eigenvalue weighted by Gasteiger charge is 2.15. The van der Waals surface area contributed by atoms with Crippen LogP contribution < -0.4 is 16.0 Å². The van der Waals surface area contributed by atoms with Crippen molar-refractivity contribution in [3.8, 4) is 5.75 Å². The molecule has 0 fully saturated rings. The molecule has 0 bridgehead atoms. The van der Waals surface area contributed by atoms with E-state index >= 15 is 0 Å². The molecule has 1 aromatic carbocycles. The molecule has 4 N–H and O–H groups in total. The number of thioether (sulfide) groups is 1. The van der Waals surface area contributed by atoms with Crippen LogP contribution in [-0.4, -0.2) is 28.2 Å². The second-order valence-electron chi connectivity index (χ2n) is 3.69. The maximum Gasteiger partial charge on any atom is 0.247 e. The molecule has 0 radical (unpaired) electrons. The van der Waals surface area contributed by atoms with Crippen LogP contribution in [0.15, 0.2) is 23.4 Å². The number of benzene rings is 1. The highest BCUT2D eigenvalue weighted by atomic mass is 32.2. The van der Waals surface area contributed by atoms with Crippen LogP contribution >= 0.6 is 11.8 Å². The predicted octanol–water partition coefficient (Wildman–Crippen LogP) is 1.04. The first-order chi connectivity index (χ1) is 8.63. The Morgan fingerprint density at radius 1 is 1.61 bits per heavy atom. The van der Waals surface area contributed by atoms with Gasteiger partial charge >= 0.3 is 0 Å². The topological polar surface area (TPSA) is 93.0 Å². The molecule has 6 nitrogen and oxygen atoms in total. The maximum atomic E-state index is 11.3. The molecule has 1 aromatic heterocycles. The van der Waals surface area contributed by atoms with Crippen molar-refractivity contribution in [2.24, 2.45) is 5.84 Å². The summed E-state index contributed by atoms with van der Waals surface area (Å²) in [6.07, 6.45) is 0. The van der Waals surface area contributed by atoms with Crippen molar-refractivity contribution in [1.82, 2.24) is 15.4 Å². The highest BCUT2D eigenvalue weighted by molar-refractivity contribution is 8.00. The first-order valence-electron chi connectivity index (χ1n) is 5.35. The van der Waals surface area contributed by atoms with Crippen LogP contribution in [0.2, 0.25) is 0 Å². The molecule has 1 unspecified atom stereocenters. The first-order valence-corrected chi connectivity index (χ1v) is 6.23. The summed E-state index contributed by atoms with van der Waals surface area (Å²) in [7, 11) is 1.61. The molecule has 0 aliphatic carbocycles. The summed E-state index contributed by atoms with van der Waals surface area (Å²) in [5.74, 6) is 5.60. The van der Waals surface area contributed by atoms with E-state index < -0.39 is 0 Å². The van der Waals surface area contributed by atoms with E-state index in [4.69, 9.17) is 10.6 Å². The van der Waals surface area contributed by atoms with Gasteiger partial charge < -0.3 is 9.72 Å². The number of hydrogen-bond donors (Lipinski definition) is 3. The molecule has 1 atom stereocenters. The van der Waals surface area contributed by atoms with E-state index in [1.165, 1.54) is 11.8 Å². The summed E-state index contributed by atoms with van der Waals surface area (Å²) in [5.41, 5.74) is 3.82. The lowest BCUT2D eigenvalue weighted by molar-refractivity contribution is -0.120. The molecule has 0 saturated heterocycles. The van der Waals surface area contributed by atoms with E-state index in [-0.39, 0.29) is 11.2 Å². The van der Waals surface area contributed by atoms with Crippen molar-refractivity contribution in [3.05, 3.63) is 18.2 Å². The van der Waals surface area contributed by atoms with Gasteiger partial charge in [0, 0.05) is 6.07 Å². The Morgan fingerprint density at radius 2 is 2.39 bits per heavy atom. The Bertz CT molecular complexity index is 569. The van der Waals surface area contributed by atoms with E-state index in [2.05, 4.69) is 15.4 Å². The Kier molecular flexibility index (Phi) is 3.73. The number of aromatic nitrogens is 2. The molecule has 7 heteroatoms. The van der Waals surface area contributed by atoms with Gasteiger partial charge in [0.2, 0.25) is 5.91 Å². The number of carbonyl (C=O) groups is 1. The van der Waals surface area contributed by atoms with Crippen LogP contribution in [0, 0.1) is 0 Å². The monoisotopic (exact) mass is 266 g/mol. The Morgan fingerprint density at radius 3 is 3.06 bits per heavy atom. The number of H-pyrrole nitrogens is 1. The number of hydrazine groups is 1. The van der Waals surface area contributed by atoms with Crippen LogP contribution in [0.5, 0.6) is 5.75 Å². The highest BCUT2D eigenvalue weighted by Crippen LogP contribution is 2.25.